The van der Waals surface area contributed by atoms with E-state index >= 15 is 0 Å². The highest BCUT2D eigenvalue weighted by Crippen LogP contribution is 2.24. The van der Waals surface area contributed by atoms with Gasteiger partial charge in [-0.1, -0.05) is 23.2 Å². The first kappa shape index (κ1) is 12.2. The van der Waals surface area contributed by atoms with Crippen LogP contribution in [-0.4, -0.2) is 14.5 Å². The Morgan fingerprint density at radius 2 is 2.22 bits per heavy atom. The van der Waals surface area contributed by atoms with Gasteiger partial charge in [-0.25, -0.2) is 4.98 Å². The predicted molar refractivity (Wildman–Crippen MR) is 78.4 cm³/mol. The van der Waals surface area contributed by atoms with E-state index < -0.39 is 0 Å². The number of hydrogen-bond acceptors (Lipinski definition) is 3. The summed E-state index contributed by atoms with van der Waals surface area (Å²) in [6.07, 6.45) is 1.62. The van der Waals surface area contributed by atoms with Gasteiger partial charge in [-0.05, 0) is 30.4 Å². The molecule has 7 heteroatoms. The van der Waals surface area contributed by atoms with Crippen molar-refractivity contribution in [3.63, 3.8) is 0 Å². The molecule has 0 spiro atoms. The summed E-state index contributed by atoms with van der Waals surface area (Å²) in [6, 6.07) is 5.69. The number of nitrogens with zero attached hydrogens (tertiary/aromatic N) is 2. The number of rotatable bonds is 2. The Morgan fingerprint density at radius 3 is 2.94 bits per heavy atom. The van der Waals surface area contributed by atoms with E-state index in [4.69, 9.17) is 35.4 Å². The maximum Gasteiger partial charge on any atom is 0.179 e. The van der Waals surface area contributed by atoms with Crippen LogP contribution in [0.2, 0.25) is 9.36 Å². The standard InChI is InChI=1S/C11H7Cl2N3S2/c12-6-3-8-10(14-4-6)16(11(17)15-8)5-7-1-2-9(13)18-7/h1-4H,5H2,(H,15,17). The molecule has 0 radical (unpaired) electrons. The van der Waals surface area contributed by atoms with Gasteiger partial charge in [-0.15, -0.1) is 11.3 Å². The molecule has 0 saturated carbocycles. The smallest absolute Gasteiger partial charge is 0.179 e. The summed E-state index contributed by atoms with van der Waals surface area (Å²) in [5.41, 5.74) is 1.64. The van der Waals surface area contributed by atoms with Crippen LogP contribution in [0.4, 0.5) is 0 Å². The molecular weight excluding hydrogens is 309 g/mol. The number of H-pyrrole nitrogens is 1. The maximum absolute atomic E-state index is 5.92. The molecule has 0 aliphatic rings. The number of pyridine rings is 1. The Labute approximate surface area is 122 Å². The first-order valence-corrected chi connectivity index (χ1v) is 7.10. The van der Waals surface area contributed by atoms with Crippen LogP contribution in [0.25, 0.3) is 11.2 Å². The molecule has 0 fully saturated rings. The third kappa shape index (κ3) is 2.19. The van der Waals surface area contributed by atoms with Crippen molar-refractivity contribution in [1.82, 2.24) is 14.5 Å². The van der Waals surface area contributed by atoms with Gasteiger partial charge in [0, 0.05) is 11.1 Å². The van der Waals surface area contributed by atoms with Crippen LogP contribution in [0, 0.1) is 4.77 Å². The molecule has 3 nitrogen and oxygen atoms in total. The van der Waals surface area contributed by atoms with E-state index in [1.54, 1.807) is 6.20 Å². The van der Waals surface area contributed by atoms with Crippen molar-refractivity contribution < 1.29 is 0 Å². The van der Waals surface area contributed by atoms with Gasteiger partial charge in [-0.3, -0.25) is 4.57 Å². The van der Waals surface area contributed by atoms with E-state index in [0.717, 1.165) is 20.4 Å². The fourth-order valence-electron chi connectivity index (χ4n) is 1.76. The Morgan fingerprint density at radius 1 is 1.39 bits per heavy atom. The van der Waals surface area contributed by atoms with Gasteiger partial charge in [0.2, 0.25) is 0 Å². The zero-order valence-corrected chi connectivity index (χ0v) is 12.1. The van der Waals surface area contributed by atoms with Gasteiger partial charge < -0.3 is 4.98 Å². The Bertz CT molecular complexity index is 772. The third-order valence-corrected chi connectivity index (χ3v) is 4.26. The van der Waals surface area contributed by atoms with E-state index in [9.17, 15) is 0 Å². The molecule has 0 bridgehead atoms. The molecule has 3 heterocycles. The number of hydrogen-bond donors (Lipinski definition) is 1. The summed E-state index contributed by atoms with van der Waals surface area (Å²) in [5.74, 6) is 0. The second-order valence-electron chi connectivity index (χ2n) is 3.75. The number of fused-ring (bicyclic) bond motifs is 1. The number of aromatic nitrogens is 3. The van der Waals surface area contributed by atoms with Crippen molar-refractivity contribution in [1.29, 1.82) is 0 Å². The molecule has 0 unspecified atom stereocenters. The first-order chi connectivity index (χ1) is 8.63. The third-order valence-electron chi connectivity index (χ3n) is 2.52. The van der Waals surface area contributed by atoms with Crippen LogP contribution >= 0.6 is 46.8 Å². The van der Waals surface area contributed by atoms with E-state index in [-0.39, 0.29) is 0 Å². The monoisotopic (exact) mass is 315 g/mol. The Kier molecular flexibility index (Phi) is 3.15. The molecule has 0 amide bonds. The molecule has 3 rings (SSSR count). The minimum Gasteiger partial charge on any atom is -0.329 e. The summed E-state index contributed by atoms with van der Waals surface area (Å²) in [7, 11) is 0. The lowest BCUT2D eigenvalue weighted by molar-refractivity contribution is 0.813. The molecule has 0 saturated heterocycles. The zero-order valence-electron chi connectivity index (χ0n) is 8.98. The summed E-state index contributed by atoms with van der Waals surface area (Å²) >= 11 is 18.7. The van der Waals surface area contributed by atoms with Crippen LogP contribution < -0.4 is 0 Å². The van der Waals surface area contributed by atoms with E-state index in [1.807, 2.05) is 22.8 Å². The summed E-state index contributed by atoms with van der Waals surface area (Å²) in [6.45, 7) is 0.658. The Balaban J connectivity index is 2.11. The van der Waals surface area contributed by atoms with Gasteiger partial charge in [0.25, 0.3) is 0 Å². The van der Waals surface area contributed by atoms with Crippen LogP contribution in [0.5, 0.6) is 0 Å². The van der Waals surface area contributed by atoms with Crippen molar-refractivity contribution in [2.45, 2.75) is 6.54 Å². The number of halogens is 2. The molecule has 0 atom stereocenters. The van der Waals surface area contributed by atoms with E-state index in [0.29, 0.717) is 16.3 Å². The lowest BCUT2D eigenvalue weighted by Crippen LogP contribution is -1.98. The van der Waals surface area contributed by atoms with Crippen LogP contribution in [0.1, 0.15) is 4.88 Å². The molecule has 0 aromatic carbocycles. The van der Waals surface area contributed by atoms with Crippen molar-refractivity contribution >= 4 is 57.9 Å². The lowest BCUT2D eigenvalue weighted by Gasteiger charge is -2.01. The Hall–Kier alpha value is -0.880. The number of thiophene rings is 1. The number of imidazole rings is 1. The van der Waals surface area contributed by atoms with Crippen molar-refractivity contribution in [3.8, 4) is 0 Å². The van der Waals surface area contributed by atoms with E-state index in [1.165, 1.54) is 11.3 Å². The van der Waals surface area contributed by atoms with Crippen LogP contribution in [-0.2, 0) is 6.54 Å². The molecular formula is C11H7Cl2N3S2. The average Bonchev–Trinajstić information content (AvgIpc) is 2.84. The first-order valence-electron chi connectivity index (χ1n) is 5.12. The minimum absolute atomic E-state index is 0.588. The van der Waals surface area contributed by atoms with Crippen molar-refractivity contribution in [2.24, 2.45) is 0 Å². The van der Waals surface area contributed by atoms with Crippen molar-refractivity contribution in [2.75, 3.05) is 0 Å². The normalized spacial score (nSPS) is 11.2. The molecule has 3 aromatic heterocycles. The lowest BCUT2D eigenvalue weighted by atomic mass is 10.4. The molecule has 0 aliphatic heterocycles. The van der Waals surface area contributed by atoms with Gasteiger partial charge in [0.1, 0.15) is 0 Å². The van der Waals surface area contributed by atoms with Gasteiger partial charge in [-0.2, -0.15) is 0 Å². The quantitative estimate of drug-likeness (QED) is 0.706. The van der Waals surface area contributed by atoms with Gasteiger partial charge in [0.15, 0.2) is 10.4 Å². The highest BCUT2D eigenvalue weighted by Gasteiger charge is 2.08. The maximum atomic E-state index is 5.92. The van der Waals surface area contributed by atoms with Crippen LogP contribution in [0.15, 0.2) is 24.4 Å². The number of nitrogens with one attached hydrogen (secondary N) is 1. The predicted octanol–water partition coefficient (Wildman–Crippen LogP) is 4.51. The molecule has 92 valence electrons. The summed E-state index contributed by atoms with van der Waals surface area (Å²) in [5, 5.41) is 0.588. The van der Waals surface area contributed by atoms with Gasteiger partial charge >= 0.3 is 0 Å². The van der Waals surface area contributed by atoms with Crippen molar-refractivity contribution in [3.05, 3.63) is 43.4 Å². The average molecular weight is 316 g/mol. The molecule has 18 heavy (non-hydrogen) atoms. The fourth-order valence-corrected chi connectivity index (χ4v) is 3.25. The largest absolute Gasteiger partial charge is 0.329 e. The fraction of sp³-hybridized carbons (Fsp3) is 0.0909. The summed E-state index contributed by atoms with van der Waals surface area (Å²) < 4.78 is 3.33. The topological polar surface area (TPSA) is 33.6 Å². The zero-order chi connectivity index (χ0) is 12.7. The highest BCUT2D eigenvalue weighted by molar-refractivity contribution is 7.71. The summed E-state index contributed by atoms with van der Waals surface area (Å²) in [4.78, 5) is 8.54. The number of aromatic amines is 1. The molecule has 0 aliphatic carbocycles. The molecule has 1 N–H and O–H groups in total. The van der Waals surface area contributed by atoms with Crippen LogP contribution in [0.3, 0.4) is 0 Å². The highest BCUT2D eigenvalue weighted by atomic mass is 35.5. The second-order valence-corrected chi connectivity index (χ2v) is 6.37. The second kappa shape index (κ2) is 4.66. The van der Waals surface area contributed by atoms with Gasteiger partial charge in [0.05, 0.1) is 21.4 Å². The molecule has 3 aromatic rings. The SMILES string of the molecule is S=c1[nH]c2cc(Cl)cnc2n1Cc1ccc(Cl)s1. The minimum atomic E-state index is 0.588. The van der Waals surface area contributed by atoms with E-state index in [2.05, 4.69) is 9.97 Å².